The van der Waals surface area contributed by atoms with Gasteiger partial charge in [0.05, 0.1) is 0 Å². The molecule has 0 aromatic heterocycles. The van der Waals surface area contributed by atoms with Gasteiger partial charge in [-0.05, 0) is 97.9 Å². The Morgan fingerprint density at radius 1 is 0.385 bits per heavy atom. The van der Waals surface area contributed by atoms with Crippen molar-refractivity contribution in [1.82, 2.24) is 0 Å². The van der Waals surface area contributed by atoms with E-state index in [1.807, 2.05) is 0 Å². The number of hydrogen-bond donors (Lipinski definition) is 2. The van der Waals surface area contributed by atoms with Crippen LogP contribution in [0.5, 0.6) is 0 Å². The summed E-state index contributed by atoms with van der Waals surface area (Å²) in [6.45, 7) is 9.69. The molecule has 0 bridgehead atoms. The van der Waals surface area contributed by atoms with Crippen molar-refractivity contribution in [2.45, 2.75) is 64.2 Å². The van der Waals surface area contributed by atoms with Crippen LogP contribution in [-0.2, 0) is 23.7 Å². The summed E-state index contributed by atoms with van der Waals surface area (Å²) in [5.41, 5.74) is 4.28. The van der Waals surface area contributed by atoms with Crippen molar-refractivity contribution in [3.8, 4) is 0 Å². The maximum absolute atomic E-state index is 4.96. The van der Waals surface area contributed by atoms with Gasteiger partial charge in [0, 0.05) is 77.4 Å². The van der Waals surface area contributed by atoms with Crippen LogP contribution in [0.15, 0.2) is 72.8 Å². The second-order valence-corrected chi connectivity index (χ2v) is 13.4. The average Bonchev–Trinajstić information content (AvgIpc) is 4.05. The first-order valence-corrected chi connectivity index (χ1v) is 19.2. The van der Waals surface area contributed by atoms with Gasteiger partial charge in [0.1, 0.15) is 13.7 Å². The standard InChI is InChI=1S/C20H14B2N4.5C4H8O.Mg/c1-5-13-6-2-10-16-19(13)15(9-1)23-21(24-16)22-25-17-11-3-7-14-8-4-12-18(26-22)20(14)17;5*1-2-4-5-3-1;/h1-12,23,25H;5*1-4H2;/q-2;;;;;;+2. The van der Waals surface area contributed by atoms with E-state index < -0.39 is 0 Å². The quantitative estimate of drug-likeness (QED) is 0.190. The molecule has 7 aliphatic heterocycles. The van der Waals surface area contributed by atoms with Gasteiger partial charge in [0.2, 0.25) is 0 Å². The zero-order valence-corrected chi connectivity index (χ0v) is 32.3. The van der Waals surface area contributed by atoms with Gasteiger partial charge < -0.3 is 44.6 Å². The molecule has 2 N–H and O–H groups in total. The van der Waals surface area contributed by atoms with Crippen LogP contribution >= 0.6 is 0 Å². The van der Waals surface area contributed by atoms with Crippen LogP contribution in [0.25, 0.3) is 32.0 Å². The Labute approximate surface area is 327 Å². The van der Waals surface area contributed by atoms with Gasteiger partial charge in [0.15, 0.2) is 0 Å². The molecule has 5 saturated heterocycles. The summed E-state index contributed by atoms with van der Waals surface area (Å²) < 4.78 is 24.7. The molecule has 0 spiro atoms. The van der Waals surface area contributed by atoms with Crippen molar-refractivity contribution in [2.24, 2.45) is 0 Å². The number of benzene rings is 4. The number of anilines is 2. The van der Waals surface area contributed by atoms with Gasteiger partial charge in [-0.1, -0.05) is 60.7 Å². The van der Waals surface area contributed by atoms with Gasteiger partial charge >= 0.3 is 23.1 Å². The van der Waals surface area contributed by atoms with Crippen molar-refractivity contribution >= 4 is 81.1 Å². The number of ether oxygens (including phenoxy) is 5. The zero-order valence-electron chi connectivity index (χ0n) is 30.9. The van der Waals surface area contributed by atoms with E-state index in [9.17, 15) is 0 Å². The van der Waals surface area contributed by atoms with Crippen molar-refractivity contribution in [2.75, 3.05) is 76.5 Å². The van der Waals surface area contributed by atoms with Crippen LogP contribution in [0.3, 0.4) is 0 Å². The van der Waals surface area contributed by atoms with Crippen molar-refractivity contribution in [1.29, 1.82) is 0 Å². The summed E-state index contributed by atoms with van der Waals surface area (Å²) in [6.07, 6.45) is 12.8. The van der Waals surface area contributed by atoms with Crippen molar-refractivity contribution < 1.29 is 23.7 Å². The molecule has 11 rings (SSSR count). The van der Waals surface area contributed by atoms with E-state index in [2.05, 4.69) is 83.3 Å². The fourth-order valence-corrected chi connectivity index (χ4v) is 6.63. The summed E-state index contributed by atoms with van der Waals surface area (Å²) in [5, 5.41) is 21.8. The Hall–Kier alpha value is -2.70. The SMILES string of the molecule is C1CCOC1.C1CCOC1.C1CCOC1.C1CCOC1.C1CCOC1.[Mg+2].c1cc2c3c(cccc3c1)NB(B1[N-]c3cccc4cccc(c34)N1)[N-]2. The van der Waals surface area contributed by atoms with E-state index >= 15 is 0 Å². The third-order valence-electron chi connectivity index (χ3n) is 9.36. The van der Waals surface area contributed by atoms with Crippen molar-refractivity contribution in [3.05, 3.63) is 83.3 Å². The van der Waals surface area contributed by atoms with Crippen LogP contribution in [0.1, 0.15) is 64.2 Å². The van der Waals surface area contributed by atoms with E-state index in [-0.39, 0.29) is 36.8 Å². The van der Waals surface area contributed by atoms with Crippen molar-refractivity contribution in [3.63, 3.8) is 0 Å². The molecule has 9 nitrogen and oxygen atoms in total. The molecular weight excluding hydrogens is 662 g/mol. The third-order valence-corrected chi connectivity index (χ3v) is 9.36. The Kier molecular flexibility index (Phi) is 18.0. The minimum atomic E-state index is -0.154. The van der Waals surface area contributed by atoms with Gasteiger partial charge in [-0.15, -0.1) is 11.4 Å². The molecule has 4 aromatic carbocycles. The Bertz CT molecular complexity index is 1330. The Morgan fingerprint density at radius 3 is 0.904 bits per heavy atom. The van der Waals surface area contributed by atoms with Crippen LogP contribution in [0.2, 0.25) is 0 Å². The first kappa shape index (κ1) is 40.5. The number of nitrogens with one attached hydrogen (secondary N) is 2. The molecule has 12 heteroatoms. The predicted molar refractivity (Wildman–Crippen MR) is 219 cm³/mol. The molecule has 0 saturated carbocycles. The van der Waals surface area contributed by atoms with Gasteiger partial charge in [-0.25, -0.2) is 0 Å². The fourth-order valence-electron chi connectivity index (χ4n) is 6.63. The average molecular weight is 717 g/mol. The molecule has 4 aromatic rings. The van der Waals surface area contributed by atoms with E-state index in [4.69, 9.17) is 34.1 Å². The van der Waals surface area contributed by atoms with E-state index in [0.717, 1.165) is 88.8 Å². The van der Waals surface area contributed by atoms with E-state index in [1.165, 1.54) is 85.8 Å². The Morgan fingerprint density at radius 2 is 0.654 bits per heavy atom. The number of hydrogen-bond acceptors (Lipinski definition) is 7. The predicted octanol–water partition coefficient (Wildman–Crippen LogP) is 9.21. The molecule has 0 amide bonds. The maximum Gasteiger partial charge on any atom is 2.00 e. The molecule has 0 atom stereocenters. The van der Waals surface area contributed by atoms with Gasteiger partial charge in [0.25, 0.3) is 0 Å². The fraction of sp³-hybridized carbons (Fsp3) is 0.500. The van der Waals surface area contributed by atoms with Crippen LogP contribution in [-0.4, -0.2) is 103 Å². The molecule has 0 unspecified atom stereocenters. The monoisotopic (exact) mass is 716 g/mol. The number of nitrogens with zero attached hydrogens (tertiary/aromatic N) is 2. The minimum Gasteiger partial charge on any atom is -0.694 e. The summed E-state index contributed by atoms with van der Waals surface area (Å²) in [6, 6.07) is 25.2. The molecular formula is C40H54B2MgN4O5. The molecule has 7 aliphatic rings. The summed E-state index contributed by atoms with van der Waals surface area (Å²) >= 11 is 0. The van der Waals surface area contributed by atoms with Crippen LogP contribution in [0.4, 0.5) is 22.7 Å². The summed E-state index contributed by atoms with van der Waals surface area (Å²) in [5.74, 6) is 0. The molecule has 5 fully saturated rings. The minimum absolute atomic E-state index is 0. The third kappa shape index (κ3) is 12.4. The summed E-state index contributed by atoms with van der Waals surface area (Å²) in [4.78, 5) is 0. The number of rotatable bonds is 1. The van der Waals surface area contributed by atoms with Crippen LogP contribution < -0.4 is 10.5 Å². The zero-order chi connectivity index (χ0) is 34.8. The first-order chi connectivity index (χ1) is 25.4. The Balaban J connectivity index is 0.000000161. The second-order valence-electron chi connectivity index (χ2n) is 13.4. The maximum atomic E-state index is 4.96. The summed E-state index contributed by atoms with van der Waals surface area (Å²) in [7, 11) is 0. The van der Waals surface area contributed by atoms with E-state index in [1.54, 1.807) is 0 Å². The first-order valence-electron chi connectivity index (χ1n) is 19.2. The molecule has 52 heavy (non-hydrogen) atoms. The smallest absolute Gasteiger partial charge is 0.694 e. The molecule has 0 radical (unpaired) electrons. The molecule has 0 aliphatic carbocycles. The molecule has 7 heterocycles. The van der Waals surface area contributed by atoms with E-state index in [0.29, 0.717) is 0 Å². The largest absolute Gasteiger partial charge is 2.00 e. The van der Waals surface area contributed by atoms with Gasteiger partial charge in [-0.3, -0.25) is 0 Å². The second kappa shape index (κ2) is 23.2. The van der Waals surface area contributed by atoms with Crippen LogP contribution in [0, 0.1) is 0 Å². The normalized spacial score (nSPS) is 18.8. The topological polar surface area (TPSA) is 98.4 Å². The molecule has 272 valence electrons. The van der Waals surface area contributed by atoms with Gasteiger partial charge in [-0.2, -0.15) is 0 Å².